The van der Waals surface area contributed by atoms with Crippen molar-refractivity contribution in [3.63, 3.8) is 0 Å². The highest BCUT2D eigenvalue weighted by atomic mass is 19.1. The van der Waals surface area contributed by atoms with Crippen molar-refractivity contribution in [1.29, 1.82) is 0 Å². The maximum atomic E-state index is 13.7. The number of aromatic nitrogens is 1. The van der Waals surface area contributed by atoms with Gasteiger partial charge in [0.25, 0.3) is 0 Å². The summed E-state index contributed by atoms with van der Waals surface area (Å²) < 4.78 is 28.9. The molecule has 2 amide bonds. The van der Waals surface area contributed by atoms with E-state index in [0.29, 0.717) is 13.1 Å². The number of amides is 2. The predicted octanol–water partition coefficient (Wildman–Crippen LogP) is 4.07. The van der Waals surface area contributed by atoms with E-state index in [-0.39, 0.29) is 17.8 Å². The number of anilines is 1. The van der Waals surface area contributed by atoms with Crippen molar-refractivity contribution in [2.24, 2.45) is 0 Å². The van der Waals surface area contributed by atoms with Crippen LogP contribution in [0, 0.1) is 18.6 Å². The molecule has 2 aromatic rings. The van der Waals surface area contributed by atoms with Crippen LogP contribution in [0.1, 0.15) is 30.8 Å². The third-order valence-corrected chi connectivity index (χ3v) is 4.34. The zero-order chi connectivity index (χ0) is 16.6. The Morgan fingerprint density at radius 3 is 2.74 bits per heavy atom. The maximum absolute atomic E-state index is 13.7. The lowest BCUT2D eigenvalue weighted by Crippen LogP contribution is -2.44. The van der Waals surface area contributed by atoms with Gasteiger partial charge < -0.3 is 14.8 Å². The molecule has 0 saturated carbocycles. The fraction of sp³-hybridized carbons (Fsp3) is 0.353. The molecular weight excluding hydrogens is 300 g/mol. The normalized spacial score (nSPS) is 17.0. The van der Waals surface area contributed by atoms with Crippen LogP contribution in [0.15, 0.2) is 30.3 Å². The van der Waals surface area contributed by atoms with Gasteiger partial charge in [0, 0.05) is 30.5 Å². The van der Waals surface area contributed by atoms with E-state index in [0.717, 1.165) is 24.2 Å². The van der Waals surface area contributed by atoms with Crippen LogP contribution in [-0.2, 0) is 6.54 Å². The monoisotopic (exact) mass is 319 g/mol. The summed E-state index contributed by atoms with van der Waals surface area (Å²) in [6.45, 7) is 5.32. The first kappa shape index (κ1) is 15.5. The van der Waals surface area contributed by atoms with Gasteiger partial charge in [0.2, 0.25) is 0 Å². The topological polar surface area (TPSA) is 37.3 Å². The molecule has 1 N–H and O–H groups in total. The third kappa shape index (κ3) is 2.81. The lowest BCUT2D eigenvalue weighted by Gasteiger charge is -2.37. The fourth-order valence-corrected chi connectivity index (χ4v) is 3.16. The maximum Gasteiger partial charge on any atom is 0.322 e. The van der Waals surface area contributed by atoms with Crippen LogP contribution in [0.25, 0.3) is 0 Å². The number of nitrogens with zero attached hydrogens (tertiary/aromatic N) is 2. The molecule has 0 radical (unpaired) electrons. The van der Waals surface area contributed by atoms with E-state index < -0.39 is 11.6 Å². The van der Waals surface area contributed by atoms with E-state index in [4.69, 9.17) is 0 Å². The lowest BCUT2D eigenvalue weighted by atomic mass is 10.1. The number of halogens is 2. The molecule has 3 rings (SSSR count). The van der Waals surface area contributed by atoms with Crippen molar-refractivity contribution in [3.05, 3.63) is 53.4 Å². The first-order valence-corrected chi connectivity index (χ1v) is 7.70. The molecule has 0 bridgehead atoms. The Hall–Kier alpha value is -2.37. The van der Waals surface area contributed by atoms with Crippen LogP contribution in [0.3, 0.4) is 0 Å². The second-order valence-electron chi connectivity index (χ2n) is 5.72. The SMILES string of the molecule is CC[C@@H]1c2ccc(C)n2CCN1C(=O)Nc1ccc(F)cc1F. The van der Waals surface area contributed by atoms with Gasteiger partial charge in [-0.3, -0.25) is 0 Å². The molecular formula is C17H19F2N3O. The number of carbonyl (C=O) groups excluding carboxylic acids is 1. The zero-order valence-electron chi connectivity index (χ0n) is 13.1. The van der Waals surface area contributed by atoms with Crippen molar-refractivity contribution in [1.82, 2.24) is 9.47 Å². The molecule has 23 heavy (non-hydrogen) atoms. The van der Waals surface area contributed by atoms with Crippen molar-refractivity contribution < 1.29 is 13.6 Å². The van der Waals surface area contributed by atoms with Gasteiger partial charge in [0.1, 0.15) is 11.6 Å². The van der Waals surface area contributed by atoms with Crippen molar-refractivity contribution in [3.8, 4) is 0 Å². The molecule has 2 heterocycles. The first-order chi connectivity index (χ1) is 11.0. The zero-order valence-corrected chi connectivity index (χ0v) is 13.1. The average Bonchev–Trinajstić information content (AvgIpc) is 2.90. The third-order valence-electron chi connectivity index (χ3n) is 4.34. The summed E-state index contributed by atoms with van der Waals surface area (Å²) in [5.74, 6) is -1.44. The number of rotatable bonds is 2. The minimum Gasteiger partial charge on any atom is -0.345 e. The van der Waals surface area contributed by atoms with Crippen LogP contribution < -0.4 is 5.32 Å². The quantitative estimate of drug-likeness (QED) is 0.890. The van der Waals surface area contributed by atoms with Gasteiger partial charge in [-0.1, -0.05) is 6.92 Å². The summed E-state index contributed by atoms with van der Waals surface area (Å²) in [5.41, 5.74) is 2.25. The summed E-state index contributed by atoms with van der Waals surface area (Å²) in [4.78, 5) is 14.2. The van der Waals surface area contributed by atoms with Crippen molar-refractivity contribution in [2.75, 3.05) is 11.9 Å². The molecule has 0 unspecified atom stereocenters. The Kier molecular flexibility index (Phi) is 4.07. The number of hydrogen-bond acceptors (Lipinski definition) is 1. The van der Waals surface area contributed by atoms with Gasteiger partial charge in [-0.25, -0.2) is 13.6 Å². The van der Waals surface area contributed by atoms with Gasteiger partial charge in [-0.15, -0.1) is 0 Å². The summed E-state index contributed by atoms with van der Waals surface area (Å²) in [7, 11) is 0. The summed E-state index contributed by atoms with van der Waals surface area (Å²) >= 11 is 0. The van der Waals surface area contributed by atoms with Gasteiger partial charge in [0.15, 0.2) is 0 Å². The second kappa shape index (κ2) is 6.02. The number of benzene rings is 1. The van der Waals surface area contributed by atoms with Gasteiger partial charge in [0.05, 0.1) is 11.7 Å². The van der Waals surface area contributed by atoms with Crippen LogP contribution in [0.2, 0.25) is 0 Å². The summed E-state index contributed by atoms with van der Waals surface area (Å²) in [6, 6.07) is 6.77. The Morgan fingerprint density at radius 2 is 2.04 bits per heavy atom. The average molecular weight is 319 g/mol. The molecule has 4 nitrogen and oxygen atoms in total. The second-order valence-corrected chi connectivity index (χ2v) is 5.72. The number of fused-ring (bicyclic) bond motifs is 1. The lowest BCUT2D eigenvalue weighted by molar-refractivity contribution is 0.165. The van der Waals surface area contributed by atoms with E-state index in [9.17, 15) is 13.6 Å². The van der Waals surface area contributed by atoms with Gasteiger partial charge in [-0.2, -0.15) is 0 Å². The summed E-state index contributed by atoms with van der Waals surface area (Å²) in [5, 5.41) is 2.55. The summed E-state index contributed by atoms with van der Waals surface area (Å²) in [6.07, 6.45) is 0.767. The predicted molar refractivity (Wildman–Crippen MR) is 84.3 cm³/mol. The van der Waals surface area contributed by atoms with E-state index >= 15 is 0 Å². The molecule has 6 heteroatoms. The van der Waals surface area contributed by atoms with Gasteiger partial charge >= 0.3 is 6.03 Å². The molecule has 122 valence electrons. The van der Waals surface area contributed by atoms with Gasteiger partial charge in [-0.05, 0) is 37.6 Å². The molecule has 1 aromatic heterocycles. The highest BCUT2D eigenvalue weighted by molar-refractivity contribution is 5.89. The molecule has 1 atom stereocenters. The molecule has 1 aromatic carbocycles. The minimum absolute atomic E-state index is 0.0108. The van der Waals surface area contributed by atoms with E-state index in [1.807, 2.05) is 26.0 Å². The van der Waals surface area contributed by atoms with Crippen LogP contribution in [-0.4, -0.2) is 22.0 Å². The number of carbonyl (C=O) groups is 1. The van der Waals surface area contributed by atoms with E-state index in [1.54, 1.807) is 4.90 Å². The van der Waals surface area contributed by atoms with Crippen LogP contribution >= 0.6 is 0 Å². The Bertz CT molecular complexity index is 741. The molecule has 0 spiro atoms. The Balaban J connectivity index is 1.82. The highest BCUT2D eigenvalue weighted by Crippen LogP contribution is 2.30. The van der Waals surface area contributed by atoms with Crippen molar-refractivity contribution in [2.45, 2.75) is 32.9 Å². The van der Waals surface area contributed by atoms with Crippen molar-refractivity contribution >= 4 is 11.7 Å². The molecule has 0 fully saturated rings. The largest absolute Gasteiger partial charge is 0.345 e. The fourth-order valence-electron chi connectivity index (χ4n) is 3.16. The number of nitrogens with one attached hydrogen (secondary N) is 1. The Labute approximate surface area is 133 Å². The number of urea groups is 1. The highest BCUT2D eigenvalue weighted by Gasteiger charge is 2.30. The molecule has 0 saturated heterocycles. The van der Waals surface area contributed by atoms with E-state index in [2.05, 4.69) is 9.88 Å². The standard InChI is InChI=1S/C17H19F2N3O/c1-3-15-16-7-4-11(2)21(16)8-9-22(15)17(23)20-14-6-5-12(18)10-13(14)19/h4-7,10,15H,3,8-9H2,1-2H3,(H,20,23)/t15-/m1/s1. The number of hydrogen-bond donors (Lipinski definition) is 1. The molecule has 1 aliphatic rings. The smallest absolute Gasteiger partial charge is 0.322 e. The van der Waals surface area contributed by atoms with E-state index in [1.165, 1.54) is 11.8 Å². The molecule has 0 aliphatic carbocycles. The van der Waals surface area contributed by atoms with Crippen LogP contribution in [0.4, 0.5) is 19.3 Å². The number of aryl methyl sites for hydroxylation is 1. The minimum atomic E-state index is -0.775. The van der Waals surface area contributed by atoms with Crippen LogP contribution in [0.5, 0.6) is 0 Å². The molecule has 1 aliphatic heterocycles. The Morgan fingerprint density at radius 1 is 1.26 bits per heavy atom. The first-order valence-electron chi connectivity index (χ1n) is 7.70.